The number of aliphatic hydroxyl groups excluding tert-OH is 3. The molecule has 2 aromatic carbocycles. The van der Waals surface area contributed by atoms with E-state index in [1.54, 1.807) is 12.0 Å². The van der Waals surface area contributed by atoms with Crippen molar-refractivity contribution in [3.8, 4) is 5.75 Å². The molecule has 5 rings (SSSR count). The Morgan fingerprint density at radius 3 is 2.40 bits per heavy atom. The average molecular weight is 765 g/mol. The smallest absolute Gasteiger partial charge is 0.240 e. The number of aliphatic hydroxyl groups is 3. The van der Waals surface area contributed by atoms with Gasteiger partial charge in [-0.1, -0.05) is 90.9 Å². The van der Waals surface area contributed by atoms with Gasteiger partial charge in [0, 0.05) is 43.2 Å². The molecule has 0 spiro atoms. The first-order valence-corrected chi connectivity index (χ1v) is 21.1. The Hall–Kier alpha value is -2.57. The monoisotopic (exact) mass is 765 g/mol. The SMILES string of the molecule is CC(C)C[C@@H](CN1CCCC1)N(Cc1cccc(CN2O[C@@H](CO)[C@@H]([C@H](C)O)[C@H]2C(=O)N[C@H]2C[C@@H](C)C(C)(C)[C@@H](C)[C@@H]2C)c1)Cc1ccccc1OCCO. The van der Waals surface area contributed by atoms with Gasteiger partial charge in [0.05, 0.1) is 25.9 Å². The van der Waals surface area contributed by atoms with Gasteiger partial charge in [0.2, 0.25) is 5.91 Å². The Bertz CT molecular complexity index is 1500. The van der Waals surface area contributed by atoms with E-state index in [0.717, 1.165) is 61.5 Å². The highest BCUT2D eigenvalue weighted by molar-refractivity contribution is 5.82. The van der Waals surface area contributed by atoms with E-state index in [2.05, 4.69) is 100.0 Å². The predicted molar refractivity (Wildman–Crippen MR) is 218 cm³/mol. The summed E-state index contributed by atoms with van der Waals surface area (Å²) in [5.74, 6) is 1.75. The summed E-state index contributed by atoms with van der Waals surface area (Å²) in [6, 6.07) is 16.3. The number of nitrogens with one attached hydrogen (secondary N) is 1. The zero-order chi connectivity index (χ0) is 39.9. The molecule has 2 saturated heterocycles. The highest BCUT2D eigenvalue weighted by Gasteiger charge is 2.51. The number of hydroxylamine groups is 2. The second-order valence-corrected chi connectivity index (χ2v) is 18.1. The molecule has 10 heteroatoms. The van der Waals surface area contributed by atoms with Crippen LogP contribution in [0.25, 0.3) is 0 Å². The van der Waals surface area contributed by atoms with Crippen LogP contribution in [0.3, 0.4) is 0 Å². The lowest BCUT2D eigenvalue weighted by molar-refractivity contribution is -0.182. The minimum absolute atomic E-state index is 0.0167. The normalized spacial score (nSPS) is 28.5. The van der Waals surface area contributed by atoms with Crippen LogP contribution in [0, 0.1) is 35.0 Å². The molecule has 1 amide bonds. The second kappa shape index (κ2) is 19.7. The molecule has 2 heterocycles. The van der Waals surface area contributed by atoms with Crippen LogP contribution in [0.2, 0.25) is 0 Å². The number of ether oxygens (including phenoxy) is 1. The van der Waals surface area contributed by atoms with E-state index in [0.29, 0.717) is 42.8 Å². The van der Waals surface area contributed by atoms with Gasteiger partial charge in [0.15, 0.2) is 0 Å². The van der Waals surface area contributed by atoms with E-state index in [4.69, 9.17) is 9.57 Å². The topological polar surface area (TPSA) is 118 Å². The van der Waals surface area contributed by atoms with Gasteiger partial charge in [0.1, 0.15) is 24.5 Å². The molecule has 0 unspecified atom stereocenters. The molecule has 9 atom stereocenters. The Balaban J connectivity index is 1.40. The van der Waals surface area contributed by atoms with Gasteiger partial charge in [-0.05, 0) is 92.0 Å². The van der Waals surface area contributed by atoms with Crippen molar-refractivity contribution in [3.05, 3.63) is 65.2 Å². The average Bonchev–Trinajstić information content (AvgIpc) is 3.80. The maximum absolute atomic E-state index is 14.3. The van der Waals surface area contributed by atoms with Crippen molar-refractivity contribution in [2.24, 2.45) is 35.0 Å². The number of para-hydroxylation sites is 1. The van der Waals surface area contributed by atoms with Gasteiger partial charge in [-0.3, -0.25) is 14.5 Å². The molecule has 0 radical (unpaired) electrons. The van der Waals surface area contributed by atoms with E-state index in [1.807, 2.05) is 12.1 Å². The number of carbonyl (C=O) groups excluding carboxylic acids is 1. The van der Waals surface area contributed by atoms with Crippen molar-refractivity contribution in [1.82, 2.24) is 20.2 Å². The van der Waals surface area contributed by atoms with Crippen molar-refractivity contribution in [2.45, 2.75) is 131 Å². The van der Waals surface area contributed by atoms with Crippen LogP contribution < -0.4 is 10.1 Å². The first kappa shape index (κ1) is 43.6. The van der Waals surface area contributed by atoms with E-state index in [-0.39, 0.29) is 37.2 Å². The molecule has 2 aliphatic heterocycles. The molecule has 0 bridgehead atoms. The zero-order valence-electron chi connectivity index (χ0n) is 35.0. The van der Waals surface area contributed by atoms with Crippen LogP contribution in [0.5, 0.6) is 5.75 Å². The lowest BCUT2D eigenvalue weighted by Crippen LogP contribution is -2.56. The summed E-state index contributed by atoms with van der Waals surface area (Å²) < 4.78 is 6.00. The van der Waals surface area contributed by atoms with Crippen LogP contribution in [-0.2, 0) is 29.3 Å². The van der Waals surface area contributed by atoms with Crippen molar-refractivity contribution < 1.29 is 29.7 Å². The van der Waals surface area contributed by atoms with Gasteiger partial charge < -0.3 is 30.3 Å². The number of likely N-dealkylation sites (tertiary alicyclic amines) is 1. The molecule has 2 aromatic rings. The highest BCUT2D eigenvalue weighted by Crippen LogP contribution is 2.47. The second-order valence-electron chi connectivity index (χ2n) is 18.1. The van der Waals surface area contributed by atoms with Gasteiger partial charge in [0.25, 0.3) is 0 Å². The Labute approximate surface area is 331 Å². The molecular weight excluding hydrogens is 693 g/mol. The van der Waals surface area contributed by atoms with Crippen LogP contribution in [0.1, 0.15) is 97.8 Å². The fourth-order valence-electron chi connectivity index (χ4n) is 9.56. The van der Waals surface area contributed by atoms with Crippen LogP contribution in [0.4, 0.5) is 0 Å². The first-order chi connectivity index (χ1) is 26.2. The van der Waals surface area contributed by atoms with Crippen molar-refractivity contribution in [2.75, 3.05) is 39.5 Å². The highest BCUT2D eigenvalue weighted by atomic mass is 16.7. The Kier molecular flexibility index (Phi) is 15.6. The number of carbonyl (C=O) groups is 1. The minimum Gasteiger partial charge on any atom is -0.491 e. The third-order valence-electron chi connectivity index (χ3n) is 13.5. The van der Waals surface area contributed by atoms with E-state index in [9.17, 15) is 20.1 Å². The Morgan fingerprint density at radius 2 is 1.73 bits per heavy atom. The van der Waals surface area contributed by atoms with Gasteiger partial charge in [-0.15, -0.1) is 0 Å². The third-order valence-corrected chi connectivity index (χ3v) is 13.5. The molecule has 3 fully saturated rings. The number of hydrogen-bond acceptors (Lipinski definition) is 9. The first-order valence-electron chi connectivity index (χ1n) is 21.1. The summed E-state index contributed by atoms with van der Waals surface area (Å²) in [7, 11) is 0. The molecule has 55 heavy (non-hydrogen) atoms. The summed E-state index contributed by atoms with van der Waals surface area (Å²) in [5.41, 5.74) is 3.43. The van der Waals surface area contributed by atoms with Crippen molar-refractivity contribution in [1.29, 1.82) is 0 Å². The number of hydrogen-bond donors (Lipinski definition) is 4. The molecule has 1 saturated carbocycles. The molecule has 4 N–H and O–H groups in total. The lowest BCUT2D eigenvalue weighted by atomic mass is 9.58. The van der Waals surface area contributed by atoms with Crippen LogP contribution in [0.15, 0.2) is 48.5 Å². The summed E-state index contributed by atoms with van der Waals surface area (Å²) in [5, 5.41) is 36.0. The molecule has 0 aromatic heterocycles. The maximum Gasteiger partial charge on any atom is 0.240 e. The standard InChI is InChI=1S/C45H72N4O6/c1-30(2)22-38(28-47-18-11-12-19-47)48(27-37-16-9-10-17-40(37)54-21-20-50)25-35-14-13-15-36(24-35)26-49-43(42(34(6)52)41(29-51)55-49)44(53)46-39-23-31(3)45(7,8)33(5)32(39)4/h9-10,13-17,24,30-34,38-39,41-43,50-52H,11-12,18-23,25-29H2,1-8H3,(H,46,53)/t31-,32+,33+,34+,38+,39+,41+,42-,43+/m1/s1. The maximum atomic E-state index is 14.3. The summed E-state index contributed by atoms with van der Waals surface area (Å²) in [6.07, 6.45) is 2.91. The molecule has 1 aliphatic carbocycles. The number of rotatable bonds is 18. The molecule has 3 aliphatic rings. The van der Waals surface area contributed by atoms with Crippen LogP contribution >= 0.6 is 0 Å². The molecule has 308 valence electrons. The lowest BCUT2D eigenvalue weighted by Gasteiger charge is -2.50. The van der Waals surface area contributed by atoms with Gasteiger partial charge in [-0.25, -0.2) is 0 Å². The number of benzene rings is 2. The summed E-state index contributed by atoms with van der Waals surface area (Å²) in [6.45, 7) is 22.7. The quantitative estimate of drug-likeness (QED) is 0.148. The fourth-order valence-corrected chi connectivity index (χ4v) is 9.56. The third kappa shape index (κ3) is 10.9. The zero-order valence-corrected chi connectivity index (χ0v) is 35.0. The largest absolute Gasteiger partial charge is 0.491 e. The van der Waals surface area contributed by atoms with Crippen molar-refractivity contribution in [3.63, 3.8) is 0 Å². The predicted octanol–water partition coefficient (Wildman–Crippen LogP) is 5.87. The molecule has 10 nitrogen and oxygen atoms in total. The summed E-state index contributed by atoms with van der Waals surface area (Å²) in [4.78, 5) is 25.9. The number of amides is 1. The summed E-state index contributed by atoms with van der Waals surface area (Å²) >= 11 is 0. The number of nitrogens with zero attached hydrogens (tertiary/aromatic N) is 3. The molecular formula is C45H72N4O6. The van der Waals surface area contributed by atoms with E-state index in [1.165, 1.54) is 12.8 Å². The minimum atomic E-state index is -0.851. The Morgan fingerprint density at radius 1 is 1.02 bits per heavy atom. The van der Waals surface area contributed by atoms with E-state index < -0.39 is 24.2 Å². The fraction of sp³-hybridized carbons (Fsp3) is 0.711. The van der Waals surface area contributed by atoms with Crippen molar-refractivity contribution >= 4 is 5.91 Å². The van der Waals surface area contributed by atoms with Gasteiger partial charge in [-0.2, -0.15) is 5.06 Å². The van der Waals surface area contributed by atoms with Crippen LogP contribution in [-0.4, -0.2) is 106 Å². The van der Waals surface area contributed by atoms with Gasteiger partial charge >= 0.3 is 0 Å². The van der Waals surface area contributed by atoms with E-state index >= 15 is 0 Å².